The molecule has 10 heteroatoms. The Labute approximate surface area is 222 Å². The minimum absolute atomic E-state index is 0.277. The maximum atomic E-state index is 14.1. The third-order valence-electron chi connectivity index (χ3n) is 6.86. The van der Waals surface area contributed by atoms with E-state index in [4.69, 9.17) is 15.6 Å². The monoisotopic (exact) mass is 521 g/mol. The summed E-state index contributed by atoms with van der Waals surface area (Å²) < 4.78 is 22.5. The maximum Gasteiger partial charge on any atom is 0.263 e. The van der Waals surface area contributed by atoms with Gasteiger partial charge in [-0.2, -0.15) is 5.10 Å². The van der Waals surface area contributed by atoms with Gasteiger partial charge in [0.25, 0.3) is 5.56 Å². The second kappa shape index (κ2) is 9.32. The number of anilines is 1. The Morgan fingerprint density at radius 1 is 1.03 bits per heavy atom. The molecule has 0 spiro atoms. The molecular weight excluding hydrogens is 497 g/mol. The Kier molecular flexibility index (Phi) is 5.79. The third-order valence-corrected chi connectivity index (χ3v) is 6.86. The molecule has 9 nitrogen and oxygen atoms in total. The summed E-state index contributed by atoms with van der Waals surface area (Å²) in [5, 5.41) is 5.52. The topological polar surface area (TPSA) is 113 Å². The molecule has 0 unspecified atom stereocenters. The average molecular weight is 522 g/mol. The van der Waals surface area contributed by atoms with Crippen molar-refractivity contribution in [1.82, 2.24) is 29.1 Å². The standard InChI is InChI=1S/C29H24FN7O2/c1-16-11-19(13-32-28(16)39-3)25-24-26(31)33-15-34-27(24)37(35-25)17(2)22-12-21-10-9-20(30)14-36(21)29(38)23(22)18-7-5-4-6-8-18/h4-15,17H,1-3H3,(H2,31,33,34)/t17-/m0/s1. The van der Waals surface area contributed by atoms with Crippen LogP contribution in [0.25, 0.3) is 38.9 Å². The van der Waals surface area contributed by atoms with Gasteiger partial charge in [-0.25, -0.2) is 24.0 Å². The van der Waals surface area contributed by atoms with Crippen molar-refractivity contribution in [1.29, 1.82) is 0 Å². The molecule has 0 saturated heterocycles. The number of aromatic nitrogens is 6. The van der Waals surface area contributed by atoms with E-state index in [1.54, 1.807) is 24.1 Å². The van der Waals surface area contributed by atoms with Crippen molar-refractivity contribution in [3.05, 3.63) is 101 Å². The molecule has 0 saturated carbocycles. The van der Waals surface area contributed by atoms with Crippen LogP contribution in [0.5, 0.6) is 5.88 Å². The molecule has 0 amide bonds. The van der Waals surface area contributed by atoms with Crippen LogP contribution in [0.1, 0.15) is 24.1 Å². The zero-order chi connectivity index (χ0) is 27.3. The minimum Gasteiger partial charge on any atom is -0.481 e. The van der Waals surface area contributed by atoms with Gasteiger partial charge in [0.05, 0.1) is 24.1 Å². The van der Waals surface area contributed by atoms with Crippen molar-refractivity contribution in [3.63, 3.8) is 0 Å². The van der Waals surface area contributed by atoms with Gasteiger partial charge in [-0.3, -0.25) is 9.20 Å². The molecule has 6 rings (SSSR count). The van der Waals surface area contributed by atoms with Gasteiger partial charge in [-0.05, 0) is 49.2 Å². The first-order valence-corrected chi connectivity index (χ1v) is 12.3. The number of aryl methyl sites for hydroxylation is 1. The van der Waals surface area contributed by atoms with Gasteiger partial charge in [0.15, 0.2) is 5.65 Å². The highest BCUT2D eigenvalue weighted by molar-refractivity contribution is 5.98. The molecule has 0 fully saturated rings. The fourth-order valence-corrected chi connectivity index (χ4v) is 4.98. The summed E-state index contributed by atoms with van der Waals surface area (Å²) in [6.45, 7) is 3.84. The van der Waals surface area contributed by atoms with E-state index in [0.29, 0.717) is 44.8 Å². The Morgan fingerprint density at radius 3 is 2.56 bits per heavy atom. The molecule has 0 radical (unpaired) electrons. The molecule has 0 bridgehead atoms. The fraction of sp³-hybridized carbons (Fsp3) is 0.138. The van der Waals surface area contributed by atoms with Crippen LogP contribution in [0.3, 0.4) is 0 Å². The molecule has 39 heavy (non-hydrogen) atoms. The molecule has 6 aromatic rings. The maximum absolute atomic E-state index is 14.1. The van der Waals surface area contributed by atoms with Crippen LogP contribution in [0.15, 0.2) is 78.1 Å². The number of pyridine rings is 3. The largest absolute Gasteiger partial charge is 0.481 e. The van der Waals surface area contributed by atoms with Crippen LogP contribution in [0.2, 0.25) is 0 Å². The lowest BCUT2D eigenvalue weighted by Crippen LogP contribution is -2.21. The quantitative estimate of drug-likeness (QED) is 0.346. The molecule has 5 heterocycles. The highest BCUT2D eigenvalue weighted by atomic mass is 19.1. The van der Waals surface area contributed by atoms with E-state index in [9.17, 15) is 9.18 Å². The lowest BCUT2D eigenvalue weighted by molar-refractivity contribution is 0.394. The zero-order valence-corrected chi connectivity index (χ0v) is 21.5. The summed E-state index contributed by atoms with van der Waals surface area (Å²) in [5.41, 5.74) is 11.1. The molecule has 5 aromatic heterocycles. The van der Waals surface area contributed by atoms with Crippen LogP contribution >= 0.6 is 0 Å². The van der Waals surface area contributed by atoms with Gasteiger partial charge in [0.2, 0.25) is 5.88 Å². The van der Waals surface area contributed by atoms with E-state index in [0.717, 1.165) is 11.1 Å². The first-order valence-electron chi connectivity index (χ1n) is 12.3. The van der Waals surface area contributed by atoms with Crippen molar-refractivity contribution in [3.8, 4) is 28.3 Å². The zero-order valence-electron chi connectivity index (χ0n) is 21.5. The summed E-state index contributed by atoms with van der Waals surface area (Å²) in [5.74, 6) is 0.294. The van der Waals surface area contributed by atoms with Gasteiger partial charge in [0, 0.05) is 29.0 Å². The van der Waals surface area contributed by atoms with Crippen molar-refractivity contribution < 1.29 is 9.13 Å². The van der Waals surface area contributed by atoms with Crippen molar-refractivity contribution in [2.45, 2.75) is 19.9 Å². The van der Waals surface area contributed by atoms with E-state index >= 15 is 0 Å². The van der Waals surface area contributed by atoms with Crippen molar-refractivity contribution >= 4 is 22.4 Å². The first kappa shape index (κ1) is 24.2. The van der Waals surface area contributed by atoms with Crippen LogP contribution < -0.4 is 16.0 Å². The summed E-state index contributed by atoms with van der Waals surface area (Å²) in [6.07, 6.45) is 4.26. The summed E-state index contributed by atoms with van der Waals surface area (Å²) in [7, 11) is 1.57. The van der Waals surface area contributed by atoms with Gasteiger partial charge in [-0.15, -0.1) is 0 Å². The SMILES string of the molecule is COc1ncc(-c2nn([C@@H](C)c3cc4ccc(F)cn4c(=O)c3-c3ccccc3)c3ncnc(N)c23)cc1C. The second-order valence-corrected chi connectivity index (χ2v) is 9.26. The predicted octanol–water partition coefficient (Wildman–Crippen LogP) is 4.82. The Hall–Kier alpha value is -5.12. The number of rotatable bonds is 5. The molecule has 1 aromatic carbocycles. The minimum atomic E-state index is -0.498. The molecule has 0 aliphatic heterocycles. The number of halogens is 1. The van der Waals surface area contributed by atoms with Gasteiger partial charge >= 0.3 is 0 Å². The highest BCUT2D eigenvalue weighted by Gasteiger charge is 2.25. The normalized spacial score (nSPS) is 12.2. The molecule has 0 aliphatic carbocycles. The number of hydrogen-bond acceptors (Lipinski definition) is 7. The second-order valence-electron chi connectivity index (χ2n) is 9.26. The number of ether oxygens (including phenoxy) is 1. The van der Waals surface area contributed by atoms with E-state index in [2.05, 4.69) is 15.0 Å². The third kappa shape index (κ3) is 3.97. The van der Waals surface area contributed by atoms with Crippen LogP contribution in [-0.2, 0) is 0 Å². The Bertz CT molecular complexity index is 1930. The van der Waals surface area contributed by atoms with E-state index in [-0.39, 0.29) is 11.4 Å². The van der Waals surface area contributed by atoms with E-state index in [1.165, 1.54) is 23.0 Å². The fourth-order valence-electron chi connectivity index (χ4n) is 4.98. The molecule has 0 aliphatic rings. The number of nitrogens with two attached hydrogens (primary N) is 1. The molecule has 2 N–H and O–H groups in total. The number of hydrogen-bond donors (Lipinski definition) is 1. The molecule has 194 valence electrons. The Morgan fingerprint density at radius 2 is 1.82 bits per heavy atom. The number of methoxy groups -OCH3 is 1. The molecule has 1 atom stereocenters. The number of fused-ring (bicyclic) bond motifs is 2. The summed E-state index contributed by atoms with van der Waals surface area (Å²) in [6, 6.07) is 15.6. The van der Waals surface area contributed by atoms with Crippen molar-refractivity contribution in [2.24, 2.45) is 0 Å². The van der Waals surface area contributed by atoms with Crippen molar-refractivity contribution in [2.75, 3.05) is 12.8 Å². The van der Waals surface area contributed by atoms with Gasteiger partial charge in [-0.1, -0.05) is 30.3 Å². The number of nitrogen functional groups attached to an aromatic ring is 1. The summed E-state index contributed by atoms with van der Waals surface area (Å²) in [4.78, 5) is 26.9. The number of benzene rings is 1. The first-order chi connectivity index (χ1) is 18.9. The smallest absolute Gasteiger partial charge is 0.263 e. The average Bonchev–Trinajstić information content (AvgIpc) is 3.34. The number of nitrogens with zero attached hydrogens (tertiary/aromatic N) is 6. The highest BCUT2D eigenvalue weighted by Crippen LogP contribution is 2.36. The lowest BCUT2D eigenvalue weighted by Gasteiger charge is -2.19. The van der Waals surface area contributed by atoms with Crippen LogP contribution in [0, 0.1) is 12.7 Å². The molecular formula is C29H24FN7O2. The van der Waals surface area contributed by atoms with Gasteiger partial charge in [0.1, 0.15) is 23.7 Å². The van der Waals surface area contributed by atoms with Crippen LogP contribution in [0.4, 0.5) is 10.2 Å². The Balaban J connectivity index is 1.62. The predicted molar refractivity (Wildman–Crippen MR) is 147 cm³/mol. The van der Waals surface area contributed by atoms with Crippen LogP contribution in [-0.4, -0.2) is 36.2 Å². The summed E-state index contributed by atoms with van der Waals surface area (Å²) >= 11 is 0. The van der Waals surface area contributed by atoms with E-state index in [1.807, 2.05) is 56.3 Å². The van der Waals surface area contributed by atoms with E-state index < -0.39 is 11.9 Å². The van der Waals surface area contributed by atoms with Gasteiger partial charge < -0.3 is 10.5 Å². The lowest BCUT2D eigenvalue weighted by atomic mass is 9.96.